The van der Waals surface area contributed by atoms with Crippen LogP contribution < -0.4 is 10.1 Å². The van der Waals surface area contributed by atoms with Crippen LogP contribution in [0.2, 0.25) is 0 Å². The van der Waals surface area contributed by atoms with E-state index in [1.807, 2.05) is 42.2 Å². The number of nitrogens with one attached hydrogen (secondary N) is 1. The number of aromatic nitrogens is 5. The lowest BCUT2D eigenvalue weighted by Gasteiger charge is -2.37. The quantitative estimate of drug-likeness (QED) is 0.513. The van der Waals surface area contributed by atoms with Crippen molar-refractivity contribution in [2.45, 2.75) is 6.10 Å². The number of ether oxygens (including phenoxy) is 1. The molecule has 3 aromatic heterocycles. The van der Waals surface area contributed by atoms with E-state index in [9.17, 15) is 4.79 Å². The number of amides is 1. The minimum atomic E-state index is -0.0944. The van der Waals surface area contributed by atoms with Crippen LogP contribution in [0.5, 0.6) is 5.88 Å². The minimum absolute atomic E-state index is 0.0921. The number of anilines is 2. The molecule has 1 amide bonds. The van der Waals surface area contributed by atoms with Gasteiger partial charge in [-0.2, -0.15) is 5.10 Å². The predicted octanol–water partition coefficient (Wildman–Crippen LogP) is 2.43. The number of benzene rings is 1. The minimum Gasteiger partial charge on any atom is -0.471 e. The van der Waals surface area contributed by atoms with E-state index < -0.39 is 0 Å². The van der Waals surface area contributed by atoms with Crippen LogP contribution in [-0.4, -0.2) is 54.7 Å². The number of aryl methyl sites for hydroxylation is 1. The summed E-state index contributed by atoms with van der Waals surface area (Å²) >= 11 is 0. The molecule has 1 N–H and O–H groups in total. The second-order valence-corrected chi connectivity index (χ2v) is 7.09. The summed E-state index contributed by atoms with van der Waals surface area (Å²) in [6, 6.07) is 7.79. The standard InChI is InChI=1S/C21H19N7O2/c1-3-19(29)28-10-14(11-28)30-18-7-15-17(9-22-18)23-12-24-21(15)26-16-6-4-5-13-8-25-27(2)20(13)16/h3-9,12,14H,1,10-11H2,2H3,(H,23,24,26). The Bertz CT molecular complexity index is 1280. The first-order chi connectivity index (χ1) is 14.6. The Balaban J connectivity index is 1.43. The highest BCUT2D eigenvalue weighted by Gasteiger charge is 2.31. The zero-order valence-corrected chi connectivity index (χ0v) is 16.3. The molecule has 4 aromatic rings. The molecule has 0 bridgehead atoms. The van der Waals surface area contributed by atoms with E-state index in [-0.39, 0.29) is 12.0 Å². The van der Waals surface area contributed by atoms with E-state index in [0.29, 0.717) is 30.3 Å². The van der Waals surface area contributed by atoms with Gasteiger partial charge in [-0.15, -0.1) is 0 Å². The van der Waals surface area contributed by atoms with Crippen LogP contribution in [0.4, 0.5) is 11.5 Å². The predicted molar refractivity (Wildman–Crippen MR) is 113 cm³/mol. The van der Waals surface area contributed by atoms with Crippen molar-refractivity contribution >= 4 is 39.2 Å². The molecule has 0 aliphatic carbocycles. The molecule has 5 rings (SSSR count). The maximum atomic E-state index is 11.6. The third kappa shape index (κ3) is 3.10. The highest BCUT2D eigenvalue weighted by molar-refractivity contribution is 5.96. The van der Waals surface area contributed by atoms with Gasteiger partial charge in [0.25, 0.3) is 0 Å². The smallest absolute Gasteiger partial charge is 0.246 e. The molecule has 0 saturated carbocycles. The number of fused-ring (bicyclic) bond motifs is 2. The van der Waals surface area contributed by atoms with Crippen molar-refractivity contribution in [3.05, 3.63) is 55.6 Å². The first-order valence-corrected chi connectivity index (χ1v) is 9.49. The first-order valence-electron chi connectivity index (χ1n) is 9.49. The number of para-hydroxylation sites is 1. The molecular weight excluding hydrogens is 382 g/mol. The fourth-order valence-electron chi connectivity index (χ4n) is 3.56. The van der Waals surface area contributed by atoms with E-state index >= 15 is 0 Å². The van der Waals surface area contributed by atoms with Crippen molar-refractivity contribution in [1.82, 2.24) is 29.6 Å². The number of carbonyl (C=O) groups is 1. The van der Waals surface area contributed by atoms with Crippen molar-refractivity contribution in [2.24, 2.45) is 7.05 Å². The van der Waals surface area contributed by atoms with Crippen molar-refractivity contribution in [1.29, 1.82) is 0 Å². The Morgan fingerprint density at radius 1 is 1.27 bits per heavy atom. The number of carbonyl (C=O) groups excluding carboxylic acids is 1. The maximum absolute atomic E-state index is 11.6. The molecule has 1 aliphatic heterocycles. The number of likely N-dealkylation sites (tertiary alicyclic amines) is 1. The lowest BCUT2D eigenvalue weighted by atomic mass is 10.1. The van der Waals surface area contributed by atoms with E-state index in [4.69, 9.17) is 4.74 Å². The molecule has 30 heavy (non-hydrogen) atoms. The van der Waals surface area contributed by atoms with E-state index in [0.717, 1.165) is 22.0 Å². The topological polar surface area (TPSA) is 98.1 Å². The third-order valence-corrected chi connectivity index (χ3v) is 5.13. The summed E-state index contributed by atoms with van der Waals surface area (Å²) in [6.45, 7) is 4.54. The molecule has 1 fully saturated rings. The molecular formula is C21H19N7O2. The molecule has 150 valence electrons. The average molecular weight is 401 g/mol. The molecule has 1 aromatic carbocycles. The lowest BCUT2D eigenvalue weighted by molar-refractivity contribution is -0.134. The van der Waals surface area contributed by atoms with Crippen LogP contribution >= 0.6 is 0 Å². The summed E-state index contributed by atoms with van der Waals surface area (Å²) in [6.07, 6.45) is 6.20. The van der Waals surface area contributed by atoms with Gasteiger partial charge in [-0.25, -0.2) is 15.0 Å². The SMILES string of the molecule is C=CC(=O)N1CC(Oc2cc3c(Nc4cccc5cnn(C)c45)ncnc3cn2)C1. The van der Waals surface area contributed by atoms with Gasteiger partial charge in [-0.1, -0.05) is 18.7 Å². The summed E-state index contributed by atoms with van der Waals surface area (Å²) in [4.78, 5) is 26.3. The Kier molecular flexibility index (Phi) is 4.27. The average Bonchev–Trinajstić information content (AvgIpc) is 3.12. The normalized spacial score (nSPS) is 14.0. The summed E-state index contributed by atoms with van der Waals surface area (Å²) in [7, 11) is 1.90. The monoisotopic (exact) mass is 401 g/mol. The third-order valence-electron chi connectivity index (χ3n) is 5.13. The van der Waals surface area contributed by atoms with E-state index in [1.54, 1.807) is 11.1 Å². The molecule has 9 nitrogen and oxygen atoms in total. The number of nitrogens with zero attached hydrogens (tertiary/aromatic N) is 6. The summed E-state index contributed by atoms with van der Waals surface area (Å²) in [5.41, 5.74) is 2.58. The lowest BCUT2D eigenvalue weighted by Crippen LogP contribution is -2.55. The van der Waals surface area contributed by atoms with Crippen molar-refractivity contribution < 1.29 is 9.53 Å². The molecule has 0 unspecified atom stereocenters. The largest absolute Gasteiger partial charge is 0.471 e. The van der Waals surface area contributed by atoms with E-state index in [2.05, 4.69) is 31.9 Å². The first kappa shape index (κ1) is 18.0. The highest BCUT2D eigenvalue weighted by atomic mass is 16.5. The van der Waals surface area contributed by atoms with Crippen LogP contribution in [0.1, 0.15) is 0 Å². The number of hydrogen-bond donors (Lipinski definition) is 1. The van der Waals surface area contributed by atoms with Crippen molar-refractivity contribution in [3.8, 4) is 5.88 Å². The summed E-state index contributed by atoms with van der Waals surface area (Å²) in [5, 5.41) is 9.55. The van der Waals surface area contributed by atoms with Crippen LogP contribution in [0.25, 0.3) is 21.8 Å². The van der Waals surface area contributed by atoms with Gasteiger partial charge in [-0.05, 0) is 12.1 Å². The van der Waals surface area contributed by atoms with Gasteiger partial charge in [0, 0.05) is 23.9 Å². The zero-order valence-electron chi connectivity index (χ0n) is 16.3. The van der Waals surface area contributed by atoms with Gasteiger partial charge >= 0.3 is 0 Å². The Hall–Kier alpha value is -4.01. The maximum Gasteiger partial charge on any atom is 0.246 e. The second kappa shape index (κ2) is 7.11. The number of pyridine rings is 1. The van der Waals surface area contributed by atoms with Gasteiger partial charge in [0.2, 0.25) is 11.8 Å². The fourth-order valence-corrected chi connectivity index (χ4v) is 3.56. The molecule has 0 atom stereocenters. The van der Waals surface area contributed by atoms with Gasteiger partial charge < -0.3 is 15.0 Å². The van der Waals surface area contributed by atoms with Crippen molar-refractivity contribution in [3.63, 3.8) is 0 Å². The van der Waals surface area contributed by atoms with Gasteiger partial charge in [0.1, 0.15) is 18.2 Å². The molecule has 1 saturated heterocycles. The molecule has 0 radical (unpaired) electrons. The van der Waals surface area contributed by atoms with Crippen LogP contribution in [-0.2, 0) is 11.8 Å². The highest BCUT2D eigenvalue weighted by Crippen LogP contribution is 2.29. The van der Waals surface area contributed by atoms with Gasteiger partial charge in [-0.3, -0.25) is 9.48 Å². The van der Waals surface area contributed by atoms with Crippen molar-refractivity contribution in [2.75, 3.05) is 18.4 Å². The van der Waals surface area contributed by atoms with E-state index in [1.165, 1.54) is 12.4 Å². The molecule has 1 aliphatic rings. The fraction of sp³-hybridized carbons (Fsp3) is 0.190. The summed E-state index contributed by atoms with van der Waals surface area (Å²) in [5.74, 6) is 1.03. The number of rotatable bonds is 5. The zero-order chi connectivity index (χ0) is 20.7. The van der Waals surface area contributed by atoms with Crippen LogP contribution in [0.3, 0.4) is 0 Å². The Labute approximate surface area is 172 Å². The van der Waals surface area contributed by atoms with Crippen LogP contribution in [0, 0.1) is 0 Å². The molecule has 0 spiro atoms. The molecule has 4 heterocycles. The van der Waals surface area contributed by atoms with Crippen LogP contribution in [0.15, 0.2) is 55.6 Å². The second-order valence-electron chi connectivity index (χ2n) is 7.09. The van der Waals surface area contributed by atoms with Gasteiger partial charge in [0.15, 0.2) is 0 Å². The van der Waals surface area contributed by atoms with Gasteiger partial charge in [0.05, 0.1) is 42.2 Å². The molecule has 9 heteroatoms. The Morgan fingerprint density at radius 3 is 2.97 bits per heavy atom. The Morgan fingerprint density at radius 2 is 2.13 bits per heavy atom. The number of hydrogen-bond acceptors (Lipinski definition) is 7. The summed E-state index contributed by atoms with van der Waals surface area (Å²) < 4.78 is 7.75.